The van der Waals surface area contributed by atoms with Crippen LogP contribution in [-0.4, -0.2) is 31.1 Å². The van der Waals surface area contributed by atoms with Gasteiger partial charge in [0.25, 0.3) is 11.5 Å². The van der Waals surface area contributed by atoms with Gasteiger partial charge >= 0.3 is 5.69 Å². The van der Waals surface area contributed by atoms with E-state index < -0.39 is 23.7 Å². The lowest BCUT2D eigenvalue weighted by Crippen LogP contribution is -2.44. The van der Waals surface area contributed by atoms with Gasteiger partial charge in [0.2, 0.25) is 5.95 Å². The van der Waals surface area contributed by atoms with Crippen LogP contribution in [0.2, 0.25) is 0 Å². The highest BCUT2D eigenvalue weighted by Gasteiger charge is 2.29. The molecule has 140 valence electrons. The topological polar surface area (TPSA) is 120 Å². The molecule has 0 saturated heterocycles. The van der Waals surface area contributed by atoms with Gasteiger partial charge in [0.1, 0.15) is 6.54 Å². The number of nitrogens with two attached hydrogens (primary N) is 1. The van der Waals surface area contributed by atoms with Crippen LogP contribution >= 0.6 is 0 Å². The van der Waals surface area contributed by atoms with Gasteiger partial charge in [-0.3, -0.25) is 19.6 Å². The first-order chi connectivity index (χ1) is 12.9. The lowest BCUT2D eigenvalue weighted by molar-refractivity contribution is -0.121. The molecular formula is C17H19N7O3. The predicted molar refractivity (Wildman–Crippen MR) is 99.7 cm³/mol. The van der Waals surface area contributed by atoms with Crippen LogP contribution in [0, 0.1) is 6.92 Å². The molecule has 0 aliphatic carbocycles. The van der Waals surface area contributed by atoms with Gasteiger partial charge in [0, 0.05) is 25.8 Å². The molecule has 0 saturated carbocycles. The molecular weight excluding hydrogens is 350 g/mol. The Kier molecular flexibility index (Phi) is 3.84. The molecule has 1 aliphatic rings. The zero-order valence-electron chi connectivity index (χ0n) is 15.0. The Morgan fingerprint density at radius 2 is 2.07 bits per heavy atom. The minimum atomic E-state index is -0.629. The van der Waals surface area contributed by atoms with Gasteiger partial charge in [-0.2, -0.15) is 4.98 Å². The first-order valence-corrected chi connectivity index (χ1v) is 8.46. The standard InChI is InChI=1S/C17H19N7O3/c1-10-4-3-5-11(8-10)22-6-7-23-13-14(19-16(22)23)21(2)17(27)24(15(13)26)9-12(25)20-18/h3-5,8H,6-7,9,18H2,1-2H3,(H,20,25). The molecule has 0 fully saturated rings. The number of hydrazine groups is 1. The average Bonchev–Trinajstić information content (AvgIpc) is 3.22. The van der Waals surface area contributed by atoms with Crippen LogP contribution in [0.5, 0.6) is 0 Å². The quantitative estimate of drug-likeness (QED) is 0.359. The summed E-state index contributed by atoms with van der Waals surface area (Å²) in [6, 6.07) is 7.99. The maximum absolute atomic E-state index is 12.9. The van der Waals surface area contributed by atoms with Gasteiger partial charge in [0.15, 0.2) is 11.2 Å². The highest BCUT2D eigenvalue weighted by molar-refractivity contribution is 5.79. The van der Waals surface area contributed by atoms with Crippen molar-refractivity contribution in [3.8, 4) is 0 Å². The number of amides is 1. The number of aryl methyl sites for hydroxylation is 2. The summed E-state index contributed by atoms with van der Waals surface area (Å²) >= 11 is 0. The second kappa shape index (κ2) is 6.09. The molecule has 1 aliphatic heterocycles. The van der Waals surface area contributed by atoms with Crippen LogP contribution in [0.25, 0.3) is 11.2 Å². The molecule has 2 aromatic heterocycles. The Labute approximate surface area is 153 Å². The summed E-state index contributed by atoms with van der Waals surface area (Å²) in [4.78, 5) is 43.6. The van der Waals surface area contributed by atoms with Crippen LogP contribution in [0.4, 0.5) is 11.6 Å². The molecule has 0 atom stereocenters. The third-order valence-corrected chi connectivity index (χ3v) is 4.78. The number of aromatic nitrogens is 4. The number of carbonyl (C=O) groups excluding carboxylic acids is 1. The molecule has 10 nitrogen and oxygen atoms in total. The Hall–Kier alpha value is -3.40. The maximum atomic E-state index is 12.9. The van der Waals surface area contributed by atoms with Crippen LogP contribution in [-0.2, 0) is 24.9 Å². The Morgan fingerprint density at radius 1 is 1.30 bits per heavy atom. The van der Waals surface area contributed by atoms with Crippen molar-refractivity contribution in [3.63, 3.8) is 0 Å². The summed E-state index contributed by atoms with van der Waals surface area (Å²) in [6.45, 7) is 2.77. The molecule has 0 bridgehead atoms. The molecule has 1 aromatic carbocycles. The summed E-state index contributed by atoms with van der Waals surface area (Å²) in [7, 11) is 1.53. The van der Waals surface area contributed by atoms with Crippen molar-refractivity contribution >= 4 is 28.7 Å². The summed E-state index contributed by atoms with van der Waals surface area (Å²) in [5, 5.41) is 0. The fourth-order valence-corrected chi connectivity index (χ4v) is 3.45. The fraction of sp³-hybridized carbons (Fsp3) is 0.294. The van der Waals surface area contributed by atoms with Gasteiger partial charge in [0.05, 0.1) is 0 Å². The van der Waals surface area contributed by atoms with E-state index in [1.807, 2.05) is 41.5 Å². The number of carbonyl (C=O) groups is 1. The number of fused-ring (bicyclic) bond motifs is 3. The van der Waals surface area contributed by atoms with E-state index in [-0.39, 0.29) is 0 Å². The molecule has 0 spiro atoms. The number of hydrogen-bond donors (Lipinski definition) is 2. The summed E-state index contributed by atoms with van der Waals surface area (Å²) in [5.74, 6) is 5.06. The van der Waals surface area contributed by atoms with Gasteiger partial charge in [-0.25, -0.2) is 15.2 Å². The molecule has 1 amide bonds. The Bertz CT molecular complexity index is 1190. The molecule has 4 rings (SSSR count). The SMILES string of the molecule is Cc1cccc(N2CCn3c2nc2c3c(=O)n(CC(=O)NN)c(=O)n2C)c1. The van der Waals surface area contributed by atoms with Crippen LogP contribution in [0.1, 0.15) is 5.56 Å². The highest BCUT2D eigenvalue weighted by Crippen LogP contribution is 2.31. The molecule has 0 radical (unpaired) electrons. The predicted octanol–water partition coefficient (Wildman–Crippen LogP) is -0.653. The number of rotatable bonds is 3. The maximum Gasteiger partial charge on any atom is 0.332 e. The van der Waals surface area contributed by atoms with E-state index in [4.69, 9.17) is 5.84 Å². The molecule has 3 heterocycles. The first-order valence-electron chi connectivity index (χ1n) is 8.46. The van der Waals surface area contributed by atoms with Gasteiger partial charge < -0.3 is 9.47 Å². The second-order valence-corrected chi connectivity index (χ2v) is 6.53. The van der Waals surface area contributed by atoms with Gasteiger partial charge in [-0.05, 0) is 24.6 Å². The number of hydrogen-bond acceptors (Lipinski definition) is 6. The van der Waals surface area contributed by atoms with Crippen molar-refractivity contribution in [2.45, 2.75) is 20.0 Å². The molecule has 3 aromatic rings. The van der Waals surface area contributed by atoms with E-state index in [1.165, 1.54) is 11.6 Å². The lowest BCUT2D eigenvalue weighted by Gasteiger charge is -2.16. The average molecular weight is 369 g/mol. The third kappa shape index (κ3) is 2.53. The van der Waals surface area contributed by atoms with E-state index >= 15 is 0 Å². The molecule has 27 heavy (non-hydrogen) atoms. The zero-order valence-corrected chi connectivity index (χ0v) is 15.0. The van der Waals surface area contributed by atoms with E-state index in [1.54, 1.807) is 4.57 Å². The van der Waals surface area contributed by atoms with Crippen LogP contribution < -0.4 is 27.4 Å². The summed E-state index contributed by atoms with van der Waals surface area (Å²) in [6.07, 6.45) is 0. The number of nitrogens with zero attached hydrogens (tertiary/aromatic N) is 5. The number of anilines is 2. The van der Waals surface area contributed by atoms with E-state index in [2.05, 4.69) is 4.98 Å². The zero-order chi connectivity index (χ0) is 19.3. The fourth-order valence-electron chi connectivity index (χ4n) is 3.45. The van der Waals surface area contributed by atoms with Crippen molar-refractivity contribution in [2.24, 2.45) is 12.9 Å². The minimum Gasteiger partial charge on any atom is -0.310 e. The number of imidazole rings is 1. The van der Waals surface area contributed by atoms with Crippen molar-refractivity contribution in [2.75, 3.05) is 11.4 Å². The largest absolute Gasteiger partial charge is 0.332 e. The molecule has 3 N–H and O–H groups in total. The van der Waals surface area contributed by atoms with Gasteiger partial charge in [-0.15, -0.1) is 0 Å². The van der Waals surface area contributed by atoms with Crippen molar-refractivity contribution in [1.82, 2.24) is 24.1 Å². The van der Waals surface area contributed by atoms with Crippen LogP contribution in [0.15, 0.2) is 33.9 Å². The summed E-state index contributed by atoms with van der Waals surface area (Å²) < 4.78 is 3.94. The third-order valence-electron chi connectivity index (χ3n) is 4.78. The van der Waals surface area contributed by atoms with E-state index in [0.717, 1.165) is 15.8 Å². The Morgan fingerprint density at radius 3 is 2.78 bits per heavy atom. The smallest absolute Gasteiger partial charge is 0.310 e. The Balaban J connectivity index is 1.93. The number of nitrogens with one attached hydrogen (secondary N) is 1. The van der Waals surface area contributed by atoms with E-state index in [9.17, 15) is 14.4 Å². The van der Waals surface area contributed by atoms with Crippen LogP contribution in [0.3, 0.4) is 0 Å². The van der Waals surface area contributed by atoms with Crippen molar-refractivity contribution in [1.29, 1.82) is 0 Å². The highest BCUT2D eigenvalue weighted by atomic mass is 16.2. The lowest BCUT2D eigenvalue weighted by atomic mass is 10.2. The molecule has 10 heteroatoms. The first kappa shape index (κ1) is 17.0. The van der Waals surface area contributed by atoms with Crippen molar-refractivity contribution in [3.05, 3.63) is 50.7 Å². The molecule has 0 unspecified atom stereocenters. The number of benzene rings is 1. The monoisotopic (exact) mass is 369 g/mol. The minimum absolute atomic E-state index is 0.293. The summed E-state index contributed by atoms with van der Waals surface area (Å²) in [5.41, 5.74) is 3.44. The van der Waals surface area contributed by atoms with Gasteiger partial charge in [-0.1, -0.05) is 12.1 Å². The van der Waals surface area contributed by atoms with E-state index in [0.29, 0.717) is 30.2 Å². The normalized spacial score (nSPS) is 13.2. The second-order valence-electron chi connectivity index (χ2n) is 6.53. The van der Waals surface area contributed by atoms with Crippen molar-refractivity contribution < 1.29 is 4.79 Å².